The number of aromatic nitrogens is 3. The molecule has 0 saturated heterocycles. The molecular weight excluding hydrogens is 251 g/mol. The number of hydrogen-bond donors (Lipinski definition) is 0. The molecule has 0 radical (unpaired) electrons. The smallest absolute Gasteiger partial charge is 0.264 e. The van der Waals surface area contributed by atoms with Crippen molar-refractivity contribution in [2.75, 3.05) is 0 Å². The van der Waals surface area contributed by atoms with Crippen LogP contribution in [0.5, 0.6) is 0 Å². The highest BCUT2D eigenvalue weighted by atomic mass is 32.2. The Balaban J connectivity index is 2.34. The van der Waals surface area contributed by atoms with E-state index in [-0.39, 0.29) is 4.90 Å². The molecule has 0 aliphatic rings. The van der Waals surface area contributed by atoms with Crippen LogP contribution in [-0.2, 0) is 6.18 Å². The molecule has 2 heterocycles. The number of alkyl halides is 3. The molecule has 0 bridgehead atoms. The monoisotopic (exact) mass is 257 g/mol. The molecule has 0 aromatic carbocycles. The van der Waals surface area contributed by atoms with E-state index in [0.29, 0.717) is 4.90 Å². The number of hydrogen-bond acceptors (Lipinski definition) is 4. The van der Waals surface area contributed by atoms with E-state index in [1.54, 1.807) is 0 Å². The van der Waals surface area contributed by atoms with Gasteiger partial charge in [0.25, 0.3) is 0 Å². The van der Waals surface area contributed by atoms with Gasteiger partial charge in [0.2, 0.25) is 0 Å². The average molecular weight is 257 g/mol. The summed E-state index contributed by atoms with van der Waals surface area (Å²) in [5, 5.41) is 0. The molecule has 88 valence electrons. The highest BCUT2D eigenvalue weighted by Gasteiger charge is 2.33. The molecule has 0 aliphatic heterocycles. The van der Waals surface area contributed by atoms with Gasteiger partial charge in [0.05, 0.1) is 5.56 Å². The van der Waals surface area contributed by atoms with E-state index in [9.17, 15) is 13.2 Å². The maximum Gasteiger partial charge on any atom is 0.418 e. The van der Waals surface area contributed by atoms with Crippen molar-refractivity contribution in [1.29, 1.82) is 0 Å². The summed E-state index contributed by atoms with van der Waals surface area (Å²) >= 11 is 0.956. The van der Waals surface area contributed by atoms with Crippen LogP contribution in [0.25, 0.3) is 0 Å². The summed E-state index contributed by atoms with van der Waals surface area (Å²) < 4.78 is 38.0. The van der Waals surface area contributed by atoms with Gasteiger partial charge in [-0.05, 0) is 6.07 Å². The zero-order chi connectivity index (χ0) is 12.3. The average Bonchev–Trinajstić information content (AvgIpc) is 2.30. The zero-order valence-corrected chi connectivity index (χ0v) is 9.16. The van der Waals surface area contributed by atoms with Crippen LogP contribution >= 0.6 is 11.8 Å². The van der Waals surface area contributed by atoms with Gasteiger partial charge in [-0.1, -0.05) is 11.8 Å². The summed E-state index contributed by atoms with van der Waals surface area (Å²) in [6.07, 6.45) is 1.96. The molecule has 0 atom stereocenters. The molecule has 0 aliphatic carbocycles. The molecule has 2 aromatic heterocycles. The fourth-order valence-electron chi connectivity index (χ4n) is 1.15. The van der Waals surface area contributed by atoms with Crippen LogP contribution in [0.4, 0.5) is 13.2 Å². The van der Waals surface area contributed by atoms with Crippen LogP contribution in [0, 0.1) is 0 Å². The van der Waals surface area contributed by atoms with Gasteiger partial charge in [-0.25, -0.2) is 9.97 Å². The lowest BCUT2D eigenvalue weighted by molar-refractivity contribution is -0.140. The molecule has 0 fully saturated rings. The molecule has 0 unspecified atom stereocenters. The summed E-state index contributed by atoms with van der Waals surface area (Å²) in [5.74, 6) is 0. The number of rotatable bonds is 2. The number of nitrogens with zero attached hydrogens (tertiary/aromatic N) is 3. The van der Waals surface area contributed by atoms with Gasteiger partial charge in [-0.3, -0.25) is 4.98 Å². The fourth-order valence-corrected chi connectivity index (χ4v) is 2.04. The number of pyridine rings is 1. The first kappa shape index (κ1) is 11.8. The Kier molecular flexibility index (Phi) is 3.28. The van der Waals surface area contributed by atoms with Crippen molar-refractivity contribution in [3.05, 3.63) is 42.7 Å². The van der Waals surface area contributed by atoms with Crippen LogP contribution in [0.15, 0.2) is 47.0 Å². The summed E-state index contributed by atoms with van der Waals surface area (Å²) in [6, 6.07) is 1.32. The zero-order valence-electron chi connectivity index (χ0n) is 8.35. The van der Waals surface area contributed by atoms with Gasteiger partial charge < -0.3 is 0 Å². The first-order chi connectivity index (χ1) is 8.07. The molecule has 2 rings (SSSR count). The Morgan fingerprint density at radius 3 is 2.35 bits per heavy atom. The van der Waals surface area contributed by atoms with Crippen LogP contribution in [0.1, 0.15) is 5.56 Å². The van der Waals surface area contributed by atoms with Crippen molar-refractivity contribution in [3.8, 4) is 0 Å². The Labute approximate surface area is 99.1 Å². The van der Waals surface area contributed by atoms with Crippen molar-refractivity contribution >= 4 is 11.8 Å². The van der Waals surface area contributed by atoms with Crippen molar-refractivity contribution in [3.63, 3.8) is 0 Å². The Morgan fingerprint density at radius 2 is 1.71 bits per heavy atom. The van der Waals surface area contributed by atoms with E-state index >= 15 is 0 Å². The third-order valence-corrected chi connectivity index (χ3v) is 2.87. The van der Waals surface area contributed by atoms with Gasteiger partial charge in [0.1, 0.15) is 6.33 Å². The van der Waals surface area contributed by atoms with Gasteiger partial charge in [0, 0.05) is 34.6 Å². The van der Waals surface area contributed by atoms with E-state index in [0.717, 1.165) is 18.0 Å². The normalized spacial score (nSPS) is 11.5. The van der Waals surface area contributed by atoms with Crippen molar-refractivity contribution in [1.82, 2.24) is 15.0 Å². The molecule has 0 saturated carbocycles. The summed E-state index contributed by atoms with van der Waals surface area (Å²) in [6.45, 7) is 0. The van der Waals surface area contributed by atoms with E-state index in [4.69, 9.17) is 0 Å². The molecule has 0 spiro atoms. The summed E-state index contributed by atoms with van der Waals surface area (Å²) in [5.41, 5.74) is -0.756. The third-order valence-electron chi connectivity index (χ3n) is 1.85. The first-order valence-electron chi connectivity index (χ1n) is 4.51. The lowest BCUT2D eigenvalue weighted by Crippen LogP contribution is -2.07. The van der Waals surface area contributed by atoms with E-state index in [2.05, 4.69) is 15.0 Å². The van der Waals surface area contributed by atoms with E-state index in [1.807, 2.05) is 0 Å². The largest absolute Gasteiger partial charge is 0.418 e. The Morgan fingerprint density at radius 1 is 1.00 bits per heavy atom. The van der Waals surface area contributed by atoms with Crippen LogP contribution < -0.4 is 0 Å². The lowest BCUT2D eigenvalue weighted by atomic mass is 10.3. The van der Waals surface area contributed by atoms with Gasteiger partial charge >= 0.3 is 6.18 Å². The minimum Gasteiger partial charge on any atom is -0.264 e. The number of halogens is 3. The van der Waals surface area contributed by atoms with Crippen LogP contribution in [-0.4, -0.2) is 15.0 Å². The minimum atomic E-state index is -4.41. The molecule has 17 heavy (non-hydrogen) atoms. The summed E-state index contributed by atoms with van der Waals surface area (Å²) in [7, 11) is 0. The topological polar surface area (TPSA) is 38.7 Å². The second-order valence-corrected chi connectivity index (χ2v) is 4.16. The second kappa shape index (κ2) is 4.70. The quantitative estimate of drug-likeness (QED) is 0.828. The van der Waals surface area contributed by atoms with Gasteiger partial charge in [-0.2, -0.15) is 13.2 Å². The maximum absolute atomic E-state index is 12.7. The minimum absolute atomic E-state index is 0.0855. The predicted octanol–water partition coefficient (Wildman–Crippen LogP) is 3.04. The molecule has 3 nitrogen and oxygen atoms in total. The van der Waals surface area contributed by atoms with E-state index in [1.165, 1.54) is 31.0 Å². The highest BCUT2D eigenvalue weighted by molar-refractivity contribution is 7.99. The van der Waals surface area contributed by atoms with Crippen LogP contribution in [0.3, 0.4) is 0 Å². The van der Waals surface area contributed by atoms with Crippen molar-refractivity contribution in [2.45, 2.75) is 16.0 Å². The van der Waals surface area contributed by atoms with Gasteiger partial charge in [-0.15, -0.1) is 0 Å². The molecule has 0 N–H and O–H groups in total. The molecule has 2 aromatic rings. The molecular formula is C10H6F3N3S. The standard InChI is InChI=1S/C10H6F3N3S/c11-10(12,13)8-5-14-2-1-9(8)17-7-3-15-6-16-4-7/h1-6H. The SMILES string of the molecule is FC(F)(F)c1cnccc1Sc1cncnc1. The van der Waals surface area contributed by atoms with Crippen LogP contribution in [0.2, 0.25) is 0 Å². The van der Waals surface area contributed by atoms with Gasteiger partial charge in [0.15, 0.2) is 0 Å². The maximum atomic E-state index is 12.7. The first-order valence-corrected chi connectivity index (χ1v) is 5.33. The van der Waals surface area contributed by atoms with E-state index < -0.39 is 11.7 Å². The lowest BCUT2D eigenvalue weighted by Gasteiger charge is -2.10. The fraction of sp³-hybridized carbons (Fsp3) is 0.100. The third kappa shape index (κ3) is 2.94. The Hall–Kier alpha value is -1.63. The highest BCUT2D eigenvalue weighted by Crippen LogP contribution is 2.38. The van der Waals surface area contributed by atoms with Crippen molar-refractivity contribution < 1.29 is 13.2 Å². The predicted molar refractivity (Wildman–Crippen MR) is 55.4 cm³/mol. The Bertz CT molecular complexity index is 502. The molecule has 7 heteroatoms. The summed E-state index contributed by atoms with van der Waals surface area (Å²) in [4.78, 5) is 11.6. The second-order valence-electron chi connectivity index (χ2n) is 3.05. The van der Waals surface area contributed by atoms with Crippen molar-refractivity contribution in [2.24, 2.45) is 0 Å². The molecule has 0 amide bonds.